The van der Waals surface area contributed by atoms with Crippen molar-refractivity contribution in [2.75, 3.05) is 21.3 Å². The minimum absolute atomic E-state index is 0.0305. The number of fused-ring (bicyclic) bond motifs is 1. The maximum absolute atomic E-state index is 9.85. The fourth-order valence-electron chi connectivity index (χ4n) is 3.71. The summed E-state index contributed by atoms with van der Waals surface area (Å²) in [5.41, 5.74) is 9.31. The molecule has 0 bridgehead atoms. The maximum Gasteiger partial charge on any atom is 0.244 e. The normalized spacial score (nSPS) is 15.0. The van der Waals surface area contributed by atoms with Crippen LogP contribution in [0, 0.1) is 11.3 Å². The number of aromatic amines is 1. The molecule has 2 heterocycles. The molecule has 1 atom stereocenters. The largest absolute Gasteiger partial charge is 0.493 e. The fourth-order valence-corrected chi connectivity index (χ4v) is 4.13. The quantitative estimate of drug-likeness (QED) is 0.562. The molecule has 1 aliphatic heterocycles. The first-order chi connectivity index (χ1) is 15.0. The summed E-state index contributed by atoms with van der Waals surface area (Å²) in [6.07, 6.45) is 0. The molecule has 0 radical (unpaired) electrons. The number of halogens is 1. The van der Waals surface area contributed by atoms with E-state index in [1.807, 2.05) is 24.3 Å². The molecule has 0 spiro atoms. The van der Waals surface area contributed by atoms with Crippen molar-refractivity contribution in [2.45, 2.75) is 5.92 Å². The molecule has 2 aromatic carbocycles. The molecule has 3 N–H and O–H groups in total. The van der Waals surface area contributed by atoms with Gasteiger partial charge >= 0.3 is 0 Å². The average molecular weight is 483 g/mol. The second kappa shape index (κ2) is 8.24. The van der Waals surface area contributed by atoms with Crippen LogP contribution < -0.4 is 24.7 Å². The second-order valence-electron chi connectivity index (χ2n) is 6.71. The van der Waals surface area contributed by atoms with Gasteiger partial charge in [0.15, 0.2) is 11.5 Å². The van der Waals surface area contributed by atoms with Crippen molar-refractivity contribution >= 4 is 15.9 Å². The van der Waals surface area contributed by atoms with Gasteiger partial charge in [0.05, 0.1) is 38.5 Å². The molecule has 1 aromatic heterocycles. The van der Waals surface area contributed by atoms with E-state index in [0.29, 0.717) is 40.0 Å². The average Bonchev–Trinajstić information content (AvgIpc) is 3.20. The molecular weight excluding hydrogens is 464 g/mol. The number of H-pyrrole nitrogens is 1. The number of allylic oxidation sites excluding steroid dienone is 1. The Hall–Kier alpha value is -3.64. The van der Waals surface area contributed by atoms with Crippen molar-refractivity contribution < 1.29 is 18.9 Å². The van der Waals surface area contributed by atoms with Gasteiger partial charge in [-0.05, 0) is 29.8 Å². The highest BCUT2D eigenvalue weighted by atomic mass is 79.9. The second-order valence-corrected chi connectivity index (χ2v) is 7.63. The Morgan fingerprint density at radius 3 is 2.42 bits per heavy atom. The number of nitriles is 1. The first kappa shape index (κ1) is 20.6. The van der Waals surface area contributed by atoms with E-state index in [1.165, 1.54) is 0 Å². The van der Waals surface area contributed by atoms with Gasteiger partial charge in [-0.15, -0.1) is 5.10 Å². The minimum Gasteiger partial charge on any atom is -0.493 e. The van der Waals surface area contributed by atoms with Gasteiger partial charge in [0.25, 0.3) is 0 Å². The van der Waals surface area contributed by atoms with Crippen LogP contribution in [-0.4, -0.2) is 31.5 Å². The standard InChI is InChI=1S/C22H19BrN4O4/c1-28-15-8-12(9-16(29-2)20(15)30-3)19-18-17(11-5-4-6-13(23)7-11)14(10-24)21(25)31-22(18)27-26-19/h4-9,17H,25H2,1-3H3,(H,26,27). The van der Waals surface area contributed by atoms with Crippen LogP contribution in [0.4, 0.5) is 0 Å². The Morgan fingerprint density at radius 2 is 1.84 bits per heavy atom. The lowest BCUT2D eigenvalue weighted by molar-refractivity contribution is 0.324. The number of ether oxygens (including phenoxy) is 4. The topological polar surface area (TPSA) is 115 Å². The first-order valence-electron chi connectivity index (χ1n) is 9.24. The Bertz CT molecular complexity index is 1200. The predicted molar refractivity (Wildman–Crippen MR) is 117 cm³/mol. The van der Waals surface area contributed by atoms with Gasteiger partial charge in [0.2, 0.25) is 17.5 Å². The van der Waals surface area contributed by atoms with E-state index in [0.717, 1.165) is 15.6 Å². The minimum atomic E-state index is -0.473. The van der Waals surface area contributed by atoms with Crippen molar-refractivity contribution in [2.24, 2.45) is 5.73 Å². The zero-order valence-electron chi connectivity index (χ0n) is 17.0. The zero-order chi connectivity index (χ0) is 22.1. The molecule has 9 heteroatoms. The molecule has 158 valence electrons. The molecule has 3 aromatic rings. The predicted octanol–water partition coefficient (Wildman–Crippen LogP) is 4.08. The molecule has 0 aliphatic carbocycles. The van der Waals surface area contributed by atoms with E-state index in [4.69, 9.17) is 24.7 Å². The van der Waals surface area contributed by atoms with Crippen molar-refractivity contribution in [3.63, 3.8) is 0 Å². The van der Waals surface area contributed by atoms with Crippen molar-refractivity contribution in [1.29, 1.82) is 5.26 Å². The van der Waals surface area contributed by atoms with Crippen LogP contribution in [0.1, 0.15) is 17.0 Å². The Kier molecular flexibility index (Phi) is 5.48. The number of nitrogens with one attached hydrogen (secondary N) is 1. The fraction of sp³-hybridized carbons (Fsp3) is 0.182. The van der Waals surface area contributed by atoms with Crippen LogP contribution in [-0.2, 0) is 0 Å². The van der Waals surface area contributed by atoms with Crippen LogP contribution in [0.3, 0.4) is 0 Å². The highest BCUT2D eigenvalue weighted by molar-refractivity contribution is 9.10. The van der Waals surface area contributed by atoms with Gasteiger partial charge in [0.1, 0.15) is 11.6 Å². The Morgan fingerprint density at radius 1 is 1.13 bits per heavy atom. The van der Waals surface area contributed by atoms with Gasteiger partial charge in [-0.3, -0.25) is 5.10 Å². The molecule has 1 aliphatic rings. The van der Waals surface area contributed by atoms with Crippen molar-refractivity contribution in [3.8, 4) is 40.5 Å². The number of benzene rings is 2. The van der Waals surface area contributed by atoms with E-state index >= 15 is 0 Å². The van der Waals surface area contributed by atoms with E-state index in [9.17, 15) is 5.26 Å². The summed E-state index contributed by atoms with van der Waals surface area (Å²) < 4.78 is 23.0. The molecule has 31 heavy (non-hydrogen) atoms. The lowest BCUT2D eigenvalue weighted by Gasteiger charge is -2.24. The number of nitrogens with two attached hydrogens (primary N) is 1. The third-order valence-corrected chi connectivity index (χ3v) is 5.57. The van der Waals surface area contributed by atoms with Gasteiger partial charge in [-0.1, -0.05) is 28.1 Å². The molecule has 0 saturated carbocycles. The van der Waals surface area contributed by atoms with E-state index < -0.39 is 5.92 Å². The summed E-state index contributed by atoms with van der Waals surface area (Å²) in [6.45, 7) is 0. The third kappa shape index (κ3) is 3.45. The molecule has 0 amide bonds. The van der Waals surface area contributed by atoms with Crippen LogP contribution in [0.5, 0.6) is 23.1 Å². The van der Waals surface area contributed by atoms with E-state index in [1.54, 1.807) is 33.5 Å². The summed E-state index contributed by atoms with van der Waals surface area (Å²) in [6, 6.07) is 13.5. The van der Waals surface area contributed by atoms with Crippen molar-refractivity contribution in [3.05, 3.63) is 63.5 Å². The van der Waals surface area contributed by atoms with Crippen LogP contribution >= 0.6 is 15.9 Å². The van der Waals surface area contributed by atoms with Gasteiger partial charge in [-0.2, -0.15) is 5.26 Å². The number of nitrogens with zero attached hydrogens (tertiary/aromatic N) is 2. The molecule has 0 fully saturated rings. The molecule has 4 rings (SSSR count). The number of rotatable bonds is 5. The lowest BCUT2D eigenvalue weighted by atomic mass is 9.83. The van der Waals surface area contributed by atoms with Gasteiger partial charge in [-0.25, -0.2) is 0 Å². The summed E-state index contributed by atoms with van der Waals surface area (Å²) in [7, 11) is 4.64. The monoisotopic (exact) mass is 482 g/mol. The molecule has 0 saturated heterocycles. The van der Waals surface area contributed by atoms with E-state index in [-0.39, 0.29) is 5.88 Å². The van der Waals surface area contributed by atoms with Crippen molar-refractivity contribution in [1.82, 2.24) is 10.2 Å². The van der Waals surface area contributed by atoms with Crippen LogP contribution in [0.15, 0.2) is 52.3 Å². The number of aromatic nitrogens is 2. The molecule has 8 nitrogen and oxygen atoms in total. The SMILES string of the molecule is COc1cc(-c2[nH]nc3c2C(c2cccc(Br)c2)C(C#N)=C(N)O3)cc(OC)c1OC. The molecular formula is C22H19BrN4O4. The van der Waals surface area contributed by atoms with Gasteiger partial charge < -0.3 is 24.7 Å². The summed E-state index contributed by atoms with van der Waals surface area (Å²) >= 11 is 3.50. The zero-order valence-corrected chi connectivity index (χ0v) is 18.6. The summed E-state index contributed by atoms with van der Waals surface area (Å²) in [5.74, 6) is 1.33. The third-order valence-electron chi connectivity index (χ3n) is 5.07. The highest BCUT2D eigenvalue weighted by Gasteiger charge is 2.36. The summed E-state index contributed by atoms with van der Waals surface area (Å²) in [4.78, 5) is 0. The Balaban J connectivity index is 1.96. The van der Waals surface area contributed by atoms with Gasteiger partial charge in [0, 0.05) is 10.0 Å². The molecule has 1 unspecified atom stereocenters. The van der Waals surface area contributed by atoms with Crippen LogP contribution in [0.25, 0.3) is 11.3 Å². The number of hydrogen-bond acceptors (Lipinski definition) is 7. The van der Waals surface area contributed by atoms with E-state index in [2.05, 4.69) is 32.2 Å². The number of hydrogen-bond donors (Lipinski definition) is 2. The maximum atomic E-state index is 9.85. The summed E-state index contributed by atoms with van der Waals surface area (Å²) in [5, 5.41) is 17.2. The lowest BCUT2D eigenvalue weighted by Crippen LogP contribution is -2.21. The number of methoxy groups -OCH3 is 3. The Labute approximate surface area is 187 Å². The first-order valence-corrected chi connectivity index (χ1v) is 10.0. The highest BCUT2D eigenvalue weighted by Crippen LogP contribution is 2.48. The smallest absolute Gasteiger partial charge is 0.244 e. The van der Waals surface area contributed by atoms with Crippen LogP contribution in [0.2, 0.25) is 0 Å².